The van der Waals surface area contributed by atoms with Gasteiger partial charge in [-0.05, 0) is 36.8 Å². The lowest BCUT2D eigenvalue weighted by atomic mass is 10.0. The second-order valence-electron chi connectivity index (χ2n) is 5.00. The SMILES string of the molecule is NCC1CCCC1NC(=O)CCC(=O)c1cccs1. The molecule has 0 spiro atoms. The van der Waals surface area contributed by atoms with Crippen LogP contribution in [-0.4, -0.2) is 24.3 Å². The van der Waals surface area contributed by atoms with Crippen LogP contribution in [0.2, 0.25) is 0 Å². The van der Waals surface area contributed by atoms with Gasteiger partial charge in [-0.3, -0.25) is 9.59 Å². The lowest BCUT2D eigenvalue weighted by Gasteiger charge is -2.19. The van der Waals surface area contributed by atoms with E-state index < -0.39 is 0 Å². The number of hydrogen-bond donors (Lipinski definition) is 2. The predicted octanol–water partition coefficient (Wildman–Crippen LogP) is 1.95. The number of hydrogen-bond acceptors (Lipinski definition) is 4. The Balaban J connectivity index is 1.74. The molecule has 1 fully saturated rings. The number of Topliss-reactive ketones (excluding diaryl/α,β-unsaturated/α-hetero) is 1. The van der Waals surface area contributed by atoms with E-state index in [0.717, 1.165) is 24.1 Å². The lowest BCUT2D eigenvalue weighted by molar-refractivity contribution is -0.122. The molecule has 1 saturated carbocycles. The molecule has 1 amide bonds. The molecule has 2 atom stereocenters. The summed E-state index contributed by atoms with van der Waals surface area (Å²) in [4.78, 5) is 24.3. The topological polar surface area (TPSA) is 72.2 Å². The highest BCUT2D eigenvalue weighted by Crippen LogP contribution is 2.24. The molecule has 0 aromatic carbocycles. The van der Waals surface area contributed by atoms with Gasteiger partial charge >= 0.3 is 0 Å². The van der Waals surface area contributed by atoms with E-state index in [-0.39, 0.29) is 30.6 Å². The van der Waals surface area contributed by atoms with Crippen LogP contribution in [0.4, 0.5) is 0 Å². The second-order valence-corrected chi connectivity index (χ2v) is 5.95. The van der Waals surface area contributed by atoms with E-state index in [2.05, 4.69) is 5.32 Å². The number of nitrogens with one attached hydrogen (secondary N) is 1. The van der Waals surface area contributed by atoms with Crippen LogP contribution in [0.1, 0.15) is 41.8 Å². The maximum atomic E-state index is 11.8. The minimum Gasteiger partial charge on any atom is -0.353 e. The molecule has 1 heterocycles. The Bertz CT molecular complexity index is 431. The molecule has 2 unspecified atom stereocenters. The summed E-state index contributed by atoms with van der Waals surface area (Å²) in [5.74, 6) is 0.416. The first-order valence-corrected chi connectivity index (χ1v) is 7.65. The lowest BCUT2D eigenvalue weighted by Crippen LogP contribution is -2.39. The molecule has 1 aliphatic carbocycles. The van der Waals surface area contributed by atoms with Crippen LogP contribution < -0.4 is 11.1 Å². The van der Waals surface area contributed by atoms with E-state index in [9.17, 15) is 9.59 Å². The van der Waals surface area contributed by atoms with E-state index >= 15 is 0 Å². The standard InChI is InChI=1S/C14H20N2O2S/c15-9-10-3-1-4-11(10)16-14(18)7-6-12(17)13-5-2-8-19-13/h2,5,8,10-11H,1,3-4,6-7,9,15H2,(H,16,18). The third kappa shape index (κ3) is 3.88. The molecule has 1 aromatic heterocycles. The van der Waals surface area contributed by atoms with Crippen LogP contribution >= 0.6 is 11.3 Å². The van der Waals surface area contributed by atoms with Crippen molar-refractivity contribution >= 4 is 23.0 Å². The number of nitrogens with two attached hydrogens (primary N) is 1. The molecule has 0 aliphatic heterocycles. The Hall–Kier alpha value is -1.20. The molecule has 0 saturated heterocycles. The fourth-order valence-corrected chi connectivity index (χ4v) is 3.27. The Kier molecular flexibility index (Phi) is 5.10. The smallest absolute Gasteiger partial charge is 0.220 e. The molecule has 19 heavy (non-hydrogen) atoms. The minimum absolute atomic E-state index is 0.0322. The molecule has 0 bridgehead atoms. The van der Waals surface area contributed by atoms with Crippen molar-refractivity contribution in [3.63, 3.8) is 0 Å². The van der Waals surface area contributed by atoms with E-state index in [1.165, 1.54) is 11.3 Å². The molecule has 0 radical (unpaired) electrons. The van der Waals surface area contributed by atoms with E-state index in [1.807, 2.05) is 11.4 Å². The van der Waals surface area contributed by atoms with Gasteiger partial charge in [0.15, 0.2) is 5.78 Å². The van der Waals surface area contributed by atoms with Gasteiger partial charge < -0.3 is 11.1 Å². The molecule has 3 N–H and O–H groups in total. The van der Waals surface area contributed by atoms with Crippen LogP contribution in [-0.2, 0) is 4.79 Å². The van der Waals surface area contributed by atoms with Crippen molar-refractivity contribution in [1.82, 2.24) is 5.32 Å². The predicted molar refractivity (Wildman–Crippen MR) is 76.2 cm³/mol. The zero-order chi connectivity index (χ0) is 13.7. The molecule has 2 rings (SSSR count). The van der Waals surface area contributed by atoms with Gasteiger partial charge in [0, 0.05) is 18.9 Å². The zero-order valence-electron chi connectivity index (χ0n) is 10.9. The van der Waals surface area contributed by atoms with Crippen LogP contribution in [0.3, 0.4) is 0 Å². The molecular weight excluding hydrogens is 260 g/mol. The largest absolute Gasteiger partial charge is 0.353 e. The highest BCUT2D eigenvalue weighted by atomic mass is 32.1. The van der Waals surface area contributed by atoms with Gasteiger partial charge in [0.05, 0.1) is 4.88 Å². The van der Waals surface area contributed by atoms with Gasteiger partial charge in [-0.15, -0.1) is 11.3 Å². The summed E-state index contributed by atoms with van der Waals surface area (Å²) in [6.45, 7) is 0.624. The highest BCUT2D eigenvalue weighted by molar-refractivity contribution is 7.12. The van der Waals surface area contributed by atoms with Gasteiger partial charge in [-0.1, -0.05) is 12.5 Å². The Labute approximate surface area is 117 Å². The molecule has 5 heteroatoms. The highest BCUT2D eigenvalue weighted by Gasteiger charge is 2.27. The molecule has 1 aromatic rings. The van der Waals surface area contributed by atoms with Crippen LogP contribution in [0, 0.1) is 5.92 Å². The van der Waals surface area contributed by atoms with Crippen molar-refractivity contribution < 1.29 is 9.59 Å². The number of ketones is 1. The van der Waals surface area contributed by atoms with Crippen LogP contribution in [0.15, 0.2) is 17.5 Å². The average molecular weight is 280 g/mol. The summed E-state index contributed by atoms with van der Waals surface area (Å²) >= 11 is 1.42. The van der Waals surface area contributed by atoms with Crippen molar-refractivity contribution in [3.8, 4) is 0 Å². The minimum atomic E-state index is -0.0322. The third-order valence-corrected chi connectivity index (χ3v) is 4.59. The monoisotopic (exact) mass is 280 g/mol. The number of amides is 1. The number of carbonyl (C=O) groups excluding carboxylic acids is 2. The van der Waals surface area contributed by atoms with Gasteiger partial charge in [0.25, 0.3) is 0 Å². The fraction of sp³-hybridized carbons (Fsp3) is 0.571. The third-order valence-electron chi connectivity index (χ3n) is 3.68. The van der Waals surface area contributed by atoms with Gasteiger partial charge in [0.1, 0.15) is 0 Å². The van der Waals surface area contributed by atoms with Crippen molar-refractivity contribution in [2.24, 2.45) is 11.7 Å². The summed E-state index contributed by atoms with van der Waals surface area (Å²) in [7, 11) is 0. The molecule has 104 valence electrons. The maximum absolute atomic E-state index is 11.8. The fourth-order valence-electron chi connectivity index (χ4n) is 2.58. The van der Waals surface area contributed by atoms with Crippen molar-refractivity contribution in [1.29, 1.82) is 0 Å². The molecular formula is C14H20N2O2S. The van der Waals surface area contributed by atoms with Gasteiger partial charge in [-0.25, -0.2) is 0 Å². The quantitative estimate of drug-likeness (QED) is 0.782. The van der Waals surface area contributed by atoms with E-state index in [4.69, 9.17) is 5.73 Å². The van der Waals surface area contributed by atoms with Crippen LogP contribution in [0.5, 0.6) is 0 Å². The first kappa shape index (κ1) is 14.2. The van der Waals surface area contributed by atoms with Gasteiger partial charge in [0.2, 0.25) is 5.91 Å². The zero-order valence-corrected chi connectivity index (χ0v) is 11.7. The van der Waals surface area contributed by atoms with E-state index in [1.54, 1.807) is 6.07 Å². The summed E-state index contributed by atoms with van der Waals surface area (Å²) in [5, 5.41) is 4.89. The first-order valence-electron chi connectivity index (χ1n) is 6.77. The number of carbonyl (C=O) groups is 2. The van der Waals surface area contributed by atoms with Gasteiger partial charge in [-0.2, -0.15) is 0 Å². The van der Waals surface area contributed by atoms with Crippen molar-refractivity contribution in [3.05, 3.63) is 22.4 Å². The normalized spacial score (nSPS) is 22.4. The number of rotatable bonds is 6. The Morgan fingerprint density at radius 1 is 1.37 bits per heavy atom. The first-order chi connectivity index (χ1) is 9.20. The Morgan fingerprint density at radius 2 is 2.21 bits per heavy atom. The molecule has 4 nitrogen and oxygen atoms in total. The van der Waals surface area contributed by atoms with Crippen LogP contribution in [0.25, 0.3) is 0 Å². The van der Waals surface area contributed by atoms with E-state index in [0.29, 0.717) is 12.5 Å². The summed E-state index contributed by atoms with van der Waals surface area (Å²) < 4.78 is 0. The average Bonchev–Trinajstić information content (AvgIpc) is 3.06. The summed E-state index contributed by atoms with van der Waals surface area (Å²) in [5.41, 5.74) is 5.68. The molecule has 1 aliphatic rings. The summed E-state index contributed by atoms with van der Waals surface area (Å²) in [6, 6.07) is 3.85. The number of thiophene rings is 1. The van der Waals surface area contributed by atoms with Crippen molar-refractivity contribution in [2.45, 2.75) is 38.1 Å². The Morgan fingerprint density at radius 3 is 2.89 bits per heavy atom. The summed E-state index contributed by atoms with van der Waals surface area (Å²) in [6.07, 6.45) is 3.78. The van der Waals surface area contributed by atoms with Crippen molar-refractivity contribution in [2.75, 3.05) is 6.54 Å². The maximum Gasteiger partial charge on any atom is 0.220 e. The second kappa shape index (κ2) is 6.82.